The lowest BCUT2D eigenvalue weighted by Gasteiger charge is -2.26. The summed E-state index contributed by atoms with van der Waals surface area (Å²) in [5.41, 5.74) is 3.30. The molecule has 8 rings (SSSR count). The second-order valence-electron chi connectivity index (χ2n) is 13.3. The zero-order valence-electron chi connectivity index (χ0n) is 26.6. The number of hydrogen-bond acceptors (Lipinski definition) is 0. The molecule has 0 spiro atoms. The Hall–Kier alpha value is -3.90. The van der Waals surface area contributed by atoms with Crippen LogP contribution in [0.25, 0.3) is 75.4 Å². The quantitative estimate of drug-likeness (QED) is 0.0776. The number of fused-ring (bicyclic) bond motifs is 7. The normalized spacial score (nSPS) is 12.5. The molecule has 0 N–H and O–H groups in total. The molecule has 0 heteroatoms. The lowest BCUT2D eigenvalue weighted by Crippen LogP contribution is -2.03. The lowest BCUT2D eigenvalue weighted by molar-refractivity contribution is 0.623. The van der Waals surface area contributed by atoms with Crippen molar-refractivity contribution in [2.24, 2.45) is 0 Å². The molecule has 0 aliphatic rings. The average Bonchev–Trinajstić information content (AvgIpc) is 3.07. The van der Waals surface area contributed by atoms with Crippen LogP contribution in [0.3, 0.4) is 0 Å². The Kier molecular flexibility index (Phi) is 7.25. The highest BCUT2D eigenvalue weighted by molar-refractivity contribution is 6.48. The molecular weight excluding hydrogens is 528 g/mol. The van der Waals surface area contributed by atoms with Crippen molar-refractivity contribution in [2.75, 3.05) is 0 Å². The zero-order valence-corrected chi connectivity index (χ0v) is 26.6. The Morgan fingerprint density at radius 2 is 0.614 bits per heavy atom. The molecule has 0 radical (unpaired) electrons. The topological polar surface area (TPSA) is 0 Å². The van der Waals surface area contributed by atoms with Gasteiger partial charge in [-0.3, -0.25) is 0 Å². The van der Waals surface area contributed by atoms with Crippen LogP contribution in [0.4, 0.5) is 0 Å². The van der Waals surface area contributed by atoms with Crippen LogP contribution in [0.1, 0.15) is 89.2 Å². The van der Waals surface area contributed by atoms with Gasteiger partial charge < -0.3 is 0 Å². The molecule has 0 unspecified atom stereocenters. The summed E-state index contributed by atoms with van der Waals surface area (Å²) in [5.74, 6) is 0. The third-order valence-electron chi connectivity index (χ3n) is 10.7. The summed E-state index contributed by atoms with van der Waals surface area (Å²) in [6, 6.07) is 32.7. The van der Waals surface area contributed by atoms with E-state index in [9.17, 15) is 0 Å². The van der Waals surface area contributed by atoms with E-state index in [-0.39, 0.29) is 0 Å². The zero-order chi connectivity index (χ0) is 29.6. The van der Waals surface area contributed by atoms with Crippen LogP contribution >= 0.6 is 0 Å². The maximum Gasteiger partial charge on any atom is -0.000443 e. The van der Waals surface area contributed by atoms with Crippen molar-refractivity contribution >= 4 is 75.4 Å². The number of hydrogen-bond donors (Lipinski definition) is 0. The minimum absolute atomic E-state index is 1.17. The van der Waals surface area contributed by atoms with Gasteiger partial charge in [0, 0.05) is 0 Å². The molecule has 0 nitrogen and oxygen atoms in total. The monoisotopic (exact) mass is 572 g/mol. The van der Waals surface area contributed by atoms with E-state index in [1.807, 2.05) is 0 Å². The SMILES string of the molecule is CCCCCCCc1c(CCCCCCC)c2c3ccccc3c3cccc4c5cccc6c7ccccc7c1c(c65)c2c34. The fraction of sp³-hybridized carbons (Fsp3) is 0.318. The van der Waals surface area contributed by atoms with Crippen molar-refractivity contribution < 1.29 is 0 Å². The Bertz CT molecular complexity index is 2090. The summed E-state index contributed by atoms with van der Waals surface area (Å²) in [6.45, 7) is 4.65. The van der Waals surface area contributed by atoms with E-state index in [2.05, 4.69) is 98.8 Å². The van der Waals surface area contributed by atoms with Gasteiger partial charge in [-0.05, 0) is 112 Å². The van der Waals surface area contributed by atoms with E-state index in [0.29, 0.717) is 0 Å². The highest BCUT2D eigenvalue weighted by Gasteiger charge is 2.26. The highest BCUT2D eigenvalue weighted by atomic mass is 14.3. The molecule has 0 aliphatic carbocycles. The van der Waals surface area contributed by atoms with Gasteiger partial charge >= 0.3 is 0 Å². The van der Waals surface area contributed by atoms with Gasteiger partial charge in [-0.1, -0.05) is 150 Å². The van der Waals surface area contributed by atoms with Gasteiger partial charge in [-0.15, -0.1) is 0 Å². The van der Waals surface area contributed by atoms with E-state index >= 15 is 0 Å². The third kappa shape index (κ3) is 4.17. The third-order valence-corrected chi connectivity index (χ3v) is 10.7. The summed E-state index contributed by atoms with van der Waals surface area (Å²) in [7, 11) is 0. The number of rotatable bonds is 12. The molecule has 0 heterocycles. The van der Waals surface area contributed by atoms with Gasteiger partial charge in [0.05, 0.1) is 0 Å². The van der Waals surface area contributed by atoms with Crippen molar-refractivity contribution in [1.82, 2.24) is 0 Å². The Morgan fingerprint density at radius 3 is 1.02 bits per heavy atom. The van der Waals surface area contributed by atoms with Crippen molar-refractivity contribution in [1.29, 1.82) is 0 Å². The van der Waals surface area contributed by atoms with Crippen LogP contribution in [0.15, 0.2) is 84.9 Å². The molecule has 0 saturated heterocycles. The Labute approximate surface area is 261 Å². The minimum atomic E-state index is 1.17. The van der Waals surface area contributed by atoms with Crippen molar-refractivity contribution in [3.63, 3.8) is 0 Å². The molecule has 0 fully saturated rings. The van der Waals surface area contributed by atoms with Crippen molar-refractivity contribution in [3.05, 3.63) is 96.1 Å². The molecule has 8 aromatic rings. The van der Waals surface area contributed by atoms with Crippen molar-refractivity contribution in [2.45, 2.75) is 90.9 Å². The van der Waals surface area contributed by atoms with Crippen LogP contribution in [0.2, 0.25) is 0 Å². The molecule has 0 aliphatic heterocycles. The van der Waals surface area contributed by atoms with E-state index in [1.165, 1.54) is 142 Å². The minimum Gasteiger partial charge on any atom is -0.0654 e. The van der Waals surface area contributed by atoms with Crippen LogP contribution in [-0.4, -0.2) is 0 Å². The van der Waals surface area contributed by atoms with Gasteiger partial charge in [0.2, 0.25) is 0 Å². The van der Waals surface area contributed by atoms with Crippen LogP contribution < -0.4 is 0 Å². The van der Waals surface area contributed by atoms with E-state index in [0.717, 1.165) is 0 Å². The molecule has 0 saturated carbocycles. The van der Waals surface area contributed by atoms with Crippen molar-refractivity contribution in [3.8, 4) is 0 Å². The summed E-state index contributed by atoms with van der Waals surface area (Å²) in [5, 5.41) is 20.5. The molecule has 0 atom stereocenters. The standard InChI is InChI=1S/C44H44/c1-3-5-7-9-11-21-35-36(22-12-10-8-6-4-2)40-32-24-16-14-20-30(32)34-26-18-28-38-37-27-17-25-33-29-19-13-15-23-31(29)39(35)43(41(33)37)44(40)42(34)38/h13-20,23-28H,3-12,21-22H2,1-2H3. The average molecular weight is 573 g/mol. The highest BCUT2D eigenvalue weighted by Crippen LogP contribution is 2.52. The fourth-order valence-corrected chi connectivity index (χ4v) is 8.72. The second kappa shape index (κ2) is 11.6. The summed E-state index contributed by atoms with van der Waals surface area (Å²) in [6.07, 6.45) is 15.5. The molecular formula is C44H44. The largest absolute Gasteiger partial charge is 0.0654 e. The predicted octanol–water partition coefficient (Wildman–Crippen LogP) is 13.7. The van der Waals surface area contributed by atoms with Gasteiger partial charge in [0.1, 0.15) is 0 Å². The number of unbranched alkanes of at least 4 members (excludes halogenated alkanes) is 8. The molecule has 0 aromatic heterocycles. The Morgan fingerprint density at radius 1 is 0.295 bits per heavy atom. The van der Waals surface area contributed by atoms with E-state index in [1.54, 1.807) is 21.9 Å². The van der Waals surface area contributed by atoms with Crippen LogP contribution in [0.5, 0.6) is 0 Å². The van der Waals surface area contributed by atoms with E-state index < -0.39 is 0 Å². The van der Waals surface area contributed by atoms with Crippen LogP contribution in [-0.2, 0) is 12.8 Å². The van der Waals surface area contributed by atoms with Crippen LogP contribution in [0, 0.1) is 0 Å². The maximum absolute atomic E-state index is 2.42. The maximum atomic E-state index is 2.42. The molecule has 0 amide bonds. The predicted molar refractivity (Wildman–Crippen MR) is 196 cm³/mol. The molecule has 8 aromatic carbocycles. The lowest BCUT2D eigenvalue weighted by atomic mass is 9.76. The fourth-order valence-electron chi connectivity index (χ4n) is 8.72. The first-order valence-corrected chi connectivity index (χ1v) is 17.5. The molecule has 44 heavy (non-hydrogen) atoms. The molecule has 0 bridgehead atoms. The van der Waals surface area contributed by atoms with Gasteiger partial charge in [-0.2, -0.15) is 0 Å². The summed E-state index contributed by atoms with van der Waals surface area (Å²) < 4.78 is 0. The summed E-state index contributed by atoms with van der Waals surface area (Å²) >= 11 is 0. The first kappa shape index (κ1) is 27.6. The van der Waals surface area contributed by atoms with Gasteiger partial charge in [0.25, 0.3) is 0 Å². The number of benzene rings is 8. The summed E-state index contributed by atoms with van der Waals surface area (Å²) in [4.78, 5) is 0. The van der Waals surface area contributed by atoms with Gasteiger partial charge in [-0.25, -0.2) is 0 Å². The first-order chi connectivity index (χ1) is 21.8. The Balaban J connectivity index is 1.57. The first-order valence-electron chi connectivity index (χ1n) is 17.5. The molecule has 220 valence electrons. The second-order valence-corrected chi connectivity index (χ2v) is 13.3. The smallest absolute Gasteiger partial charge is 0.000443 e. The van der Waals surface area contributed by atoms with Gasteiger partial charge in [0.15, 0.2) is 0 Å². The number of aryl methyl sites for hydroxylation is 2. The van der Waals surface area contributed by atoms with E-state index in [4.69, 9.17) is 0 Å².